The SMILES string of the molecule is CCCN1C(=O)/C(=C\c2ccc(OCc3ccc(Br)cc3)c(OCC)c2)c2ccccc21. The second kappa shape index (κ2) is 10.0. The molecule has 1 heterocycles. The summed E-state index contributed by atoms with van der Waals surface area (Å²) in [4.78, 5) is 15.0. The molecule has 0 saturated carbocycles. The number of benzene rings is 3. The number of hydrogen-bond donors (Lipinski definition) is 0. The Balaban J connectivity index is 1.61. The maximum absolute atomic E-state index is 13.1. The Morgan fingerprint density at radius 1 is 0.938 bits per heavy atom. The molecule has 3 aromatic carbocycles. The summed E-state index contributed by atoms with van der Waals surface area (Å²) in [6.45, 7) is 5.72. The number of carbonyl (C=O) groups excluding carboxylic acids is 1. The fourth-order valence-corrected chi connectivity index (χ4v) is 4.07. The molecule has 3 aromatic rings. The molecule has 0 bridgehead atoms. The van der Waals surface area contributed by atoms with Crippen molar-refractivity contribution < 1.29 is 14.3 Å². The molecule has 1 aliphatic heterocycles. The van der Waals surface area contributed by atoms with Crippen LogP contribution in [0.4, 0.5) is 5.69 Å². The molecule has 0 aromatic heterocycles. The van der Waals surface area contributed by atoms with Gasteiger partial charge in [-0.3, -0.25) is 4.79 Å². The van der Waals surface area contributed by atoms with E-state index in [9.17, 15) is 4.79 Å². The van der Waals surface area contributed by atoms with Gasteiger partial charge in [-0.05, 0) is 60.9 Å². The van der Waals surface area contributed by atoms with Crippen LogP contribution in [0.3, 0.4) is 0 Å². The lowest BCUT2D eigenvalue weighted by atomic mass is 10.0. The molecule has 0 N–H and O–H groups in total. The van der Waals surface area contributed by atoms with Crippen molar-refractivity contribution in [1.82, 2.24) is 0 Å². The quantitative estimate of drug-likeness (QED) is 0.328. The number of halogens is 1. The first-order valence-electron chi connectivity index (χ1n) is 10.9. The number of fused-ring (bicyclic) bond motifs is 1. The van der Waals surface area contributed by atoms with Gasteiger partial charge < -0.3 is 14.4 Å². The summed E-state index contributed by atoms with van der Waals surface area (Å²) in [6.07, 6.45) is 2.85. The molecule has 0 unspecified atom stereocenters. The lowest BCUT2D eigenvalue weighted by Gasteiger charge is -2.15. The Labute approximate surface area is 197 Å². The molecule has 1 aliphatic rings. The Hall–Kier alpha value is -3.05. The van der Waals surface area contributed by atoms with Crippen LogP contribution in [-0.4, -0.2) is 19.1 Å². The number of para-hydroxylation sites is 1. The van der Waals surface area contributed by atoms with Crippen LogP contribution in [0, 0.1) is 0 Å². The van der Waals surface area contributed by atoms with Crippen molar-refractivity contribution in [3.05, 3.63) is 87.9 Å². The molecule has 0 saturated heterocycles. The summed E-state index contributed by atoms with van der Waals surface area (Å²) >= 11 is 3.45. The van der Waals surface area contributed by atoms with Gasteiger partial charge in [0.05, 0.1) is 12.3 Å². The van der Waals surface area contributed by atoms with Gasteiger partial charge in [0, 0.05) is 22.2 Å². The number of ether oxygens (including phenoxy) is 2. The van der Waals surface area contributed by atoms with Crippen LogP contribution in [0.15, 0.2) is 71.2 Å². The number of rotatable bonds is 8. The van der Waals surface area contributed by atoms with E-state index < -0.39 is 0 Å². The summed E-state index contributed by atoms with van der Waals surface area (Å²) in [5.74, 6) is 1.40. The van der Waals surface area contributed by atoms with E-state index in [0.717, 1.165) is 33.3 Å². The smallest absolute Gasteiger partial charge is 0.258 e. The number of amides is 1. The van der Waals surface area contributed by atoms with Crippen molar-refractivity contribution in [2.45, 2.75) is 26.9 Å². The van der Waals surface area contributed by atoms with Gasteiger partial charge in [-0.1, -0.05) is 59.3 Å². The van der Waals surface area contributed by atoms with Gasteiger partial charge in [-0.2, -0.15) is 0 Å². The lowest BCUT2D eigenvalue weighted by molar-refractivity contribution is -0.113. The second-order valence-electron chi connectivity index (χ2n) is 7.59. The summed E-state index contributed by atoms with van der Waals surface area (Å²) in [6, 6.07) is 21.8. The molecule has 4 nitrogen and oxygen atoms in total. The van der Waals surface area contributed by atoms with Crippen molar-refractivity contribution in [1.29, 1.82) is 0 Å². The van der Waals surface area contributed by atoms with Gasteiger partial charge in [0.25, 0.3) is 5.91 Å². The minimum absolute atomic E-state index is 0.0431. The van der Waals surface area contributed by atoms with Crippen LogP contribution >= 0.6 is 15.9 Å². The summed E-state index contributed by atoms with van der Waals surface area (Å²) in [5.41, 5.74) is 4.64. The summed E-state index contributed by atoms with van der Waals surface area (Å²) in [7, 11) is 0. The monoisotopic (exact) mass is 491 g/mol. The minimum atomic E-state index is 0.0431. The summed E-state index contributed by atoms with van der Waals surface area (Å²) < 4.78 is 12.9. The molecule has 4 rings (SSSR count). The topological polar surface area (TPSA) is 38.8 Å². The van der Waals surface area contributed by atoms with Gasteiger partial charge in [-0.25, -0.2) is 0 Å². The molecule has 0 spiro atoms. The van der Waals surface area contributed by atoms with Crippen LogP contribution in [-0.2, 0) is 11.4 Å². The first-order valence-corrected chi connectivity index (χ1v) is 11.7. The van der Waals surface area contributed by atoms with Crippen LogP contribution in [0.1, 0.15) is 37.0 Å². The molecule has 0 radical (unpaired) electrons. The molecule has 164 valence electrons. The number of hydrogen-bond acceptors (Lipinski definition) is 3. The number of nitrogens with zero attached hydrogens (tertiary/aromatic N) is 1. The van der Waals surface area contributed by atoms with E-state index in [1.165, 1.54) is 0 Å². The fourth-order valence-electron chi connectivity index (χ4n) is 3.80. The van der Waals surface area contributed by atoms with Gasteiger partial charge in [0.15, 0.2) is 11.5 Å². The molecule has 0 atom stereocenters. The third kappa shape index (κ3) is 4.73. The van der Waals surface area contributed by atoms with E-state index in [0.29, 0.717) is 36.8 Å². The molecular formula is C27H26BrNO3. The Bertz CT molecular complexity index is 1140. The maximum Gasteiger partial charge on any atom is 0.258 e. The van der Waals surface area contributed by atoms with Crippen molar-refractivity contribution in [3.63, 3.8) is 0 Å². The Kier molecular flexibility index (Phi) is 6.96. The molecule has 32 heavy (non-hydrogen) atoms. The van der Waals surface area contributed by atoms with Gasteiger partial charge in [0.2, 0.25) is 0 Å². The van der Waals surface area contributed by atoms with Crippen LogP contribution in [0.5, 0.6) is 11.5 Å². The van der Waals surface area contributed by atoms with E-state index in [1.54, 1.807) is 0 Å². The number of anilines is 1. The normalized spacial score (nSPS) is 14.0. The molecule has 5 heteroatoms. The largest absolute Gasteiger partial charge is 0.490 e. The van der Waals surface area contributed by atoms with E-state index in [1.807, 2.05) is 84.6 Å². The third-order valence-electron chi connectivity index (χ3n) is 5.29. The maximum atomic E-state index is 13.1. The first-order chi connectivity index (χ1) is 15.6. The average molecular weight is 492 g/mol. The predicted molar refractivity (Wildman–Crippen MR) is 133 cm³/mol. The molecule has 1 amide bonds. The lowest BCUT2D eigenvalue weighted by Crippen LogP contribution is -2.26. The average Bonchev–Trinajstić information content (AvgIpc) is 3.06. The highest BCUT2D eigenvalue weighted by Gasteiger charge is 2.31. The molecule has 0 fully saturated rings. The zero-order chi connectivity index (χ0) is 22.5. The van der Waals surface area contributed by atoms with Crippen molar-refractivity contribution in [2.24, 2.45) is 0 Å². The van der Waals surface area contributed by atoms with Crippen molar-refractivity contribution in [2.75, 3.05) is 18.1 Å². The van der Waals surface area contributed by atoms with E-state index in [-0.39, 0.29) is 5.91 Å². The van der Waals surface area contributed by atoms with Crippen molar-refractivity contribution >= 4 is 39.2 Å². The van der Waals surface area contributed by atoms with Crippen LogP contribution in [0.2, 0.25) is 0 Å². The highest BCUT2D eigenvalue weighted by atomic mass is 79.9. The first kappa shape index (κ1) is 22.2. The van der Waals surface area contributed by atoms with E-state index in [4.69, 9.17) is 9.47 Å². The van der Waals surface area contributed by atoms with Crippen molar-refractivity contribution in [3.8, 4) is 11.5 Å². The Morgan fingerprint density at radius 2 is 1.72 bits per heavy atom. The third-order valence-corrected chi connectivity index (χ3v) is 5.82. The predicted octanol–water partition coefficient (Wildman–Crippen LogP) is 6.72. The molecule has 0 aliphatic carbocycles. The fraction of sp³-hybridized carbons (Fsp3) is 0.222. The van der Waals surface area contributed by atoms with Gasteiger partial charge in [-0.15, -0.1) is 0 Å². The molecular weight excluding hydrogens is 466 g/mol. The van der Waals surface area contributed by atoms with Crippen LogP contribution in [0.25, 0.3) is 11.6 Å². The highest BCUT2D eigenvalue weighted by Crippen LogP contribution is 2.38. The minimum Gasteiger partial charge on any atom is -0.490 e. The zero-order valence-corrected chi connectivity index (χ0v) is 19.9. The van der Waals surface area contributed by atoms with E-state index in [2.05, 4.69) is 22.9 Å². The highest BCUT2D eigenvalue weighted by molar-refractivity contribution is 9.10. The van der Waals surface area contributed by atoms with E-state index >= 15 is 0 Å². The second-order valence-corrected chi connectivity index (χ2v) is 8.50. The Morgan fingerprint density at radius 3 is 2.47 bits per heavy atom. The van der Waals surface area contributed by atoms with Gasteiger partial charge >= 0.3 is 0 Å². The van der Waals surface area contributed by atoms with Gasteiger partial charge in [0.1, 0.15) is 6.61 Å². The zero-order valence-electron chi connectivity index (χ0n) is 18.3. The number of carbonyl (C=O) groups is 1. The van der Waals surface area contributed by atoms with Crippen LogP contribution < -0.4 is 14.4 Å². The summed E-state index contributed by atoms with van der Waals surface area (Å²) in [5, 5.41) is 0. The standard InChI is InChI=1S/C27H26BrNO3/c1-3-15-29-24-8-6-5-7-22(24)23(27(29)30)16-20-11-14-25(26(17-20)31-4-2)32-18-19-9-12-21(28)13-10-19/h5-14,16-17H,3-4,15,18H2,1-2H3/b23-16-.